The average molecular weight is 489 g/mol. The number of likely N-dealkylation sites (tertiary alicyclic amines) is 1. The number of carbonyl (C=O) groups is 3. The highest BCUT2D eigenvalue weighted by molar-refractivity contribution is 9.10. The maximum Gasteiger partial charge on any atom is 0.513 e. The second kappa shape index (κ2) is 10.9. The van der Waals surface area contributed by atoms with Crippen LogP contribution < -0.4 is 10.1 Å². The molecule has 1 aliphatic heterocycles. The van der Waals surface area contributed by atoms with Crippen LogP contribution in [0.1, 0.15) is 35.7 Å². The summed E-state index contributed by atoms with van der Waals surface area (Å²) in [5.41, 5.74) is 1.48. The third kappa shape index (κ3) is 6.82. The summed E-state index contributed by atoms with van der Waals surface area (Å²) >= 11 is 3.39. The molecular weight excluding hydrogens is 464 g/mol. The number of carbonyl (C=O) groups excluding carboxylic acids is 3. The van der Waals surface area contributed by atoms with Crippen LogP contribution in [0.3, 0.4) is 0 Å². The quantitative estimate of drug-likeness (QED) is 0.491. The van der Waals surface area contributed by atoms with Gasteiger partial charge in [-0.25, -0.2) is 4.79 Å². The summed E-state index contributed by atoms with van der Waals surface area (Å²) in [6.07, 6.45) is 0.988. The van der Waals surface area contributed by atoms with E-state index in [1.54, 1.807) is 36.1 Å². The number of amides is 2. The summed E-state index contributed by atoms with van der Waals surface area (Å²) in [5.74, 6) is 0.230. The number of nitrogens with zero attached hydrogens (tertiary/aromatic N) is 1. The number of ether oxygens (including phenoxy) is 2. The van der Waals surface area contributed by atoms with E-state index in [4.69, 9.17) is 9.47 Å². The van der Waals surface area contributed by atoms with E-state index < -0.39 is 6.16 Å². The zero-order chi connectivity index (χ0) is 22.2. The minimum Gasteiger partial charge on any atom is -0.434 e. The zero-order valence-electron chi connectivity index (χ0n) is 17.3. The summed E-state index contributed by atoms with van der Waals surface area (Å²) in [4.78, 5) is 38.2. The maximum absolute atomic E-state index is 12.7. The normalized spacial score (nSPS) is 14.1. The van der Waals surface area contributed by atoms with Crippen LogP contribution in [0.2, 0.25) is 0 Å². The number of rotatable bonds is 6. The van der Waals surface area contributed by atoms with Gasteiger partial charge in [-0.1, -0.05) is 28.1 Å². The van der Waals surface area contributed by atoms with Crippen LogP contribution in [0.4, 0.5) is 4.79 Å². The molecular formula is C23H25BrN2O5. The van der Waals surface area contributed by atoms with Crippen LogP contribution in [0.5, 0.6) is 5.75 Å². The number of hydrogen-bond donors (Lipinski definition) is 1. The lowest BCUT2D eigenvalue weighted by atomic mass is 10.0. The van der Waals surface area contributed by atoms with Gasteiger partial charge in [0.2, 0.25) is 5.91 Å². The molecule has 0 radical (unpaired) electrons. The van der Waals surface area contributed by atoms with Gasteiger partial charge in [0.1, 0.15) is 5.75 Å². The number of benzene rings is 2. The molecule has 0 bridgehead atoms. The Hall–Kier alpha value is -2.87. The van der Waals surface area contributed by atoms with Crippen molar-refractivity contribution >= 4 is 33.9 Å². The molecule has 1 fully saturated rings. The molecule has 0 unspecified atom stereocenters. The Balaban J connectivity index is 1.45. The van der Waals surface area contributed by atoms with Crippen molar-refractivity contribution in [1.29, 1.82) is 0 Å². The third-order valence-electron chi connectivity index (χ3n) is 4.99. The van der Waals surface area contributed by atoms with Crippen LogP contribution in [-0.4, -0.2) is 48.6 Å². The Morgan fingerprint density at radius 3 is 2.29 bits per heavy atom. The molecule has 31 heavy (non-hydrogen) atoms. The highest BCUT2D eigenvalue weighted by Crippen LogP contribution is 2.18. The topological polar surface area (TPSA) is 84.9 Å². The van der Waals surface area contributed by atoms with E-state index >= 15 is 0 Å². The molecule has 2 amide bonds. The minimum absolute atomic E-state index is 0.00992. The van der Waals surface area contributed by atoms with Crippen LogP contribution in [0.25, 0.3) is 0 Å². The molecule has 0 spiro atoms. The van der Waals surface area contributed by atoms with E-state index in [2.05, 4.69) is 21.2 Å². The molecule has 2 aromatic rings. The van der Waals surface area contributed by atoms with E-state index in [9.17, 15) is 14.4 Å². The number of nitrogens with one attached hydrogen (secondary N) is 1. The van der Waals surface area contributed by atoms with E-state index in [0.29, 0.717) is 43.7 Å². The molecule has 2 aromatic carbocycles. The predicted molar refractivity (Wildman–Crippen MR) is 119 cm³/mol. The Morgan fingerprint density at radius 2 is 1.68 bits per heavy atom. The average Bonchev–Trinajstić information content (AvgIpc) is 2.76. The second-order valence-electron chi connectivity index (χ2n) is 7.25. The van der Waals surface area contributed by atoms with Crippen molar-refractivity contribution in [2.45, 2.75) is 32.2 Å². The van der Waals surface area contributed by atoms with Gasteiger partial charge in [0, 0.05) is 29.2 Å². The molecule has 1 heterocycles. The largest absolute Gasteiger partial charge is 0.513 e. The summed E-state index contributed by atoms with van der Waals surface area (Å²) in [6.45, 7) is 3.07. The molecule has 0 atom stereocenters. The first-order valence-corrected chi connectivity index (χ1v) is 11.0. The fourth-order valence-electron chi connectivity index (χ4n) is 3.38. The van der Waals surface area contributed by atoms with Crippen LogP contribution in [-0.2, 0) is 16.0 Å². The zero-order valence-corrected chi connectivity index (χ0v) is 18.9. The monoisotopic (exact) mass is 488 g/mol. The first kappa shape index (κ1) is 22.8. The van der Waals surface area contributed by atoms with Gasteiger partial charge in [-0.2, -0.15) is 0 Å². The molecule has 1 saturated heterocycles. The molecule has 0 saturated carbocycles. The molecule has 7 nitrogen and oxygen atoms in total. The van der Waals surface area contributed by atoms with E-state index in [0.717, 1.165) is 10.0 Å². The molecule has 0 aromatic heterocycles. The first-order valence-electron chi connectivity index (χ1n) is 10.2. The van der Waals surface area contributed by atoms with Crippen molar-refractivity contribution in [2.75, 3.05) is 19.7 Å². The standard InChI is InChI=1S/C23H25BrN2O5/c1-2-30-23(29)31-20-9-5-17(6-10-20)22(28)26-13-11-19(12-14-26)25-21(27)15-16-3-7-18(24)8-4-16/h3-10,19H,2,11-15H2,1H3,(H,25,27). The summed E-state index contributed by atoms with van der Waals surface area (Å²) in [7, 11) is 0. The fourth-order valence-corrected chi connectivity index (χ4v) is 3.65. The van der Waals surface area contributed by atoms with Crippen LogP contribution >= 0.6 is 15.9 Å². The van der Waals surface area contributed by atoms with Crippen molar-refractivity contribution in [2.24, 2.45) is 0 Å². The van der Waals surface area contributed by atoms with Gasteiger partial charge >= 0.3 is 6.16 Å². The van der Waals surface area contributed by atoms with E-state index in [-0.39, 0.29) is 24.5 Å². The Morgan fingerprint density at radius 1 is 1.03 bits per heavy atom. The number of piperidine rings is 1. The van der Waals surface area contributed by atoms with E-state index in [1.165, 1.54) is 0 Å². The molecule has 1 N–H and O–H groups in total. The van der Waals surface area contributed by atoms with Crippen molar-refractivity contribution in [3.8, 4) is 5.75 Å². The van der Waals surface area contributed by atoms with Crippen LogP contribution in [0.15, 0.2) is 53.0 Å². The Labute approximate surface area is 189 Å². The van der Waals surface area contributed by atoms with Gasteiger partial charge in [0.15, 0.2) is 0 Å². The molecule has 1 aliphatic rings. The predicted octanol–water partition coefficient (Wildman–Crippen LogP) is 3.95. The van der Waals surface area contributed by atoms with Crippen molar-refractivity contribution in [3.05, 3.63) is 64.1 Å². The highest BCUT2D eigenvalue weighted by Gasteiger charge is 2.24. The van der Waals surface area contributed by atoms with E-state index in [1.807, 2.05) is 24.3 Å². The molecule has 8 heteroatoms. The third-order valence-corrected chi connectivity index (χ3v) is 5.52. The van der Waals surface area contributed by atoms with Gasteiger partial charge in [-0.05, 0) is 61.7 Å². The van der Waals surface area contributed by atoms with Crippen molar-refractivity contribution in [1.82, 2.24) is 10.2 Å². The summed E-state index contributed by atoms with van der Waals surface area (Å²) < 4.78 is 10.7. The van der Waals surface area contributed by atoms with Gasteiger partial charge in [0.25, 0.3) is 5.91 Å². The Kier molecular flexibility index (Phi) is 8.06. The molecule has 164 valence electrons. The SMILES string of the molecule is CCOC(=O)Oc1ccc(C(=O)N2CCC(NC(=O)Cc3ccc(Br)cc3)CC2)cc1. The Bertz CT molecular complexity index is 907. The van der Waals surface area contributed by atoms with Gasteiger partial charge in [0.05, 0.1) is 13.0 Å². The lowest BCUT2D eigenvalue weighted by molar-refractivity contribution is -0.121. The second-order valence-corrected chi connectivity index (χ2v) is 8.16. The fraction of sp³-hybridized carbons (Fsp3) is 0.348. The first-order chi connectivity index (χ1) is 14.9. The maximum atomic E-state index is 12.7. The summed E-state index contributed by atoms with van der Waals surface area (Å²) in [5, 5.41) is 3.07. The van der Waals surface area contributed by atoms with Crippen molar-refractivity contribution in [3.63, 3.8) is 0 Å². The highest BCUT2D eigenvalue weighted by atomic mass is 79.9. The number of halogens is 1. The summed E-state index contributed by atoms with van der Waals surface area (Å²) in [6, 6.07) is 14.1. The molecule has 3 rings (SSSR count). The smallest absolute Gasteiger partial charge is 0.434 e. The molecule has 0 aliphatic carbocycles. The van der Waals surface area contributed by atoms with Gasteiger partial charge in [-0.3, -0.25) is 9.59 Å². The number of hydrogen-bond acceptors (Lipinski definition) is 5. The van der Waals surface area contributed by atoms with Gasteiger partial charge in [-0.15, -0.1) is 0 Å². The minimum atomic E-state index is -0.772. The van der Waals surface area contributed by atoms with Crippen molar-refractivity contribution < 1.29 is 23.9 Å². The lowest BCUT2D eigenvalue weighted by Gasteiger charge is -2.32. The lowest BCUT2D eigenvalue weighted by Crippen LogP contribution is -2.46. The van der Waals surface area contributed by atoms with Gasteiger partial charge < -0.3 is 19.7 Å². The van der Waals surface area contributed by atoms with Crippen LogP contribution in [0, 0.1) is 0 Å².